The van der Waals surface area contributed by atoms with E-state index in [0.29, 0.717) is 6.04 Å². The van der Waals surface area contributed by atoms with Crippen LogP contribution >= 0.6 is 0 Å². The molecule has 1 unspecified atom stereocenters. The van der Waals surface area contributed by atoms with Gasteiger partial charge in [0.05, 0.1) is 0 Å². The maximum Gasteiger partial charge on any atom is 0.0499 e. The van der Waals surface area contributed by atoms with Crippen LogP contribution in [0.2, 0.25) is 0 Å². The van der Waals surface area contributed by atoms with E-state index in [9.17, 15) is 5.11 Å². The highest BCUT2D eigenvalue weighted by molar-refractivity contribution is 5.22. The third-order valence-corrected chi connectivity index (χ3v) is 4.61. The molecule has 1 aromatic carbocycles. The minimum Gasteiger partial charge on any atom is -0.396 e. The molecule has 0 amide bonds. The fourth-order valence-electron chi connectivity index (χ4n) is 2.52. The molecule has 2 nitrogen and oxygen atoms in total. The fraction of sp³-hybridized carbons (Fsp3) is 0.667. The van der Waals surface area contributed by atoms with Gasteiger partial charge in [-0.2, -0.15) is 0 Å². The summed E-state index contributed by atoms with van der Waals surface area (Å²) in [6.45, 7) is 9.90. The van der Waals surface area contributed by atoms with Crippen molar-refractivity contribution in [2.24, 2.45) is 5.41 Å². The number of rotatable bonds is 9. The molecule has 2 heteroatoms. The van der Waals surface area contributed by atoms with Gasteiger partial charge in [0.2, 0.25) is 0 Å². The van der Waals surface area contributed by atoms with Gasteiger partial charge in [-0.3, -0.25) is 0 Å². The van der Waals surface area contributed by atoms with Gasteiger partial charge in [-0.1, -0.05) is 43.7 Å². The van der Waals surface area contributed by atoms with Crippen molar-refractivity contribution in [3.05, 3.63) is 35.4 Å². The predicted octanol–water partition coefficient (Wildman–Crippen LogP) is 3.70. The summed E-state index contributed by atoms with van der Waals surface area (Å²) in [4.78, 5) is 0. The van der Waals surface area contributed by atoms with Crippen molar-refractivity contribution < 1.29 is 5.11 Å². The van der Waals surface area contributed by atoms with Crippen molar-refractivity contribution in [3.63, 3.8) is 0 Å². The van der Waals surface area contributed by atoms with E-state index in [-0.39, 0.29) is 12.0 Å². The van der Waals surface area contributed by atoms with Gasteiger partial charge < -0.3 is 10.4 Å². The number of aliphatic hydroxyl groups is 1. The molecular formula is C18H31NO. The van der Waals surface area contributed by atoms with Gasteiger partial charge in [0.15, 0.2) is 0 Å². The first-order valence-electron chi connectivity index (χ1n) is 7.95. The first kappa shape index (κ1) is 17.2. The average molecular weight is 277 g/mol. The number of hydrogen-bond donors (Lipinski definition) is 2. The van der Waals surface area contributed by atoms with Crippen molar-refractivity contribution in [2.45, 2.75) is 59.4 Å². The highest BCUT2D eigenvalue weighted by Gasteiger charge is 2.25. The summed E-state index contributed by atoms with van der Waals surface area (Å²) >= 11 is 0. The lowest BCUT2D eigenvalue weighted by Gasteiger charge is -2.31. The van der Waals surface area contributed by atoms with E-state index in [1.165, 1.54) is 11.1 Å². The molecule has 114 valence electrons. The maximum atomic E-state index is 9.59. The second-order valence-electron chi connectivity index (χ2n) is 6.17. The first-order valence-corrected chi connectivity index (χ1v) is 7.95. The van der Waals surface area contributed by atoms with Gasteiger partial charge in [0, 0.05) is 24.6 Å². The summed E-state index contributed by atoms with van der Waals surface area (Å²) in [6, 6.07) is 9.23. The molecule has 0 heterocycles. The van der Waals surface area contributed by atoms with Crippen LogP contribution in [0.3, 0.4) is 0 Å². The second-order valence-corrected chi connectivity index (χ2v) is 6.17. The number of nitrogens with one attached hydrogen (secondary N) is 1. The summed E-state index contributed by atoms with van der Waals surface area (Å²) in [5.41, 5.74) is 2.80. The van der Waals surface area contributed by atoms with Crippen molar-refractivity contribution >= 4 is 0 Å². The third kappa shape index (κ3) is 5.26. The SMILES string of the molecule is CCC(CC)(CO)CNC(C)CCc1cccc(C)c1. The molecule has 0 fully saturated rings. The van der Waals surface area contributed by atoms with Crippen LogP contribution in [0.4, 0.5) is 0 Å². The van der Waals surface area contributed by atoms with E-state index in [1.807, 2.05) is 0 Å². The smallest absolute Gasteiger partial charge is 0.0499 e. The fourth-order valence-corrected chi connectivity index (χ4v) is 2.52. The normalized spacial score (nSPS) is 13.4. The van der Waals surface area contributed by atoms with Crippen molar-refractivity contribution in [2.75, 3.05) is 13.2 Å². The van der Waals surface area contributed by atoms with E-state index in [0.717, 1.165) is 32.2 Å². The Morgan fingerprint density at radius 1 is 1.25 bits per heavy atom. The summed E-state index contributed by atoms with van der Waals surface area (Å²) < 4.78 is 0. The van der Waals surface area contributed by atoms with E-state index >= 15 is 0 Å². The minimum atomic E-state index is 0.0532. The quantitative estimate of drug-likeness (QED) is 0.721. The third-order valence-electron chi connectivity index (χ3n) is 4.61. The van der Waals surface area contributed by atoms with Crippen LogP contribution in [0.25, 0.3) is 0 Å². The summed E-state index contributed by atoms with van der Waals surface area (Å²) in [6.07, 6.45) is 4.30. The highest BCUT2D eigenvalue weighted by Crippen LogP contribution is 2.24. The molecule has 0 spiro atoms. The Morgan fingerprint density at radius 3 is 2.50 bits per heavy atom. The summed E-state index contributed by atoms with van der Waals surface area (Å²) in [7, 11) is 0. The van der Waals surface area contributed by atoms with Crippen LogP contribution in [0, 0.1) is 12.3 Å². The van der Waals surface area contributed by atoms with Gasteiger partial charge in [-0.25, -0.2) is 0 Å². The van der Waals surface area contributed by atoms with Crippen LogP contribution in [0.5, 0.6) is 0 Å². The molecule has 0 bridgehead atoms. The van der Waals surface area contributed by atoms with E-state index < -0.39 is 0 Å². The lowest BCUT2D eigenvalue weighted by molar-refractivity contribution is 0.110. The average Bonchev–Trinajstić information content (AvgIpc) is 2.47. The Morgan fingerprint density at radius 2 is 1.95 bits per heavy atom. The van der Waals surface area contributed by atoms with Crippen LogP contribution in [-0.2, 0) is 6.42 Å². The van der Waals surface area contributed by atoms with Crippen LogP contribution in [0.15, 0.2) is 24.3 Å². The predicted molar refractivity (Wildman–Crippen MR) is 87.1 cm³/mol. The monoisotopic (exact) mass is 277 g/mol. The van der Waals surface area contributed by atoms with Crippen LogP contribution < -0.4 is 5.32 Å². The zero-order valence-electron chi connectivity index (χ0n) is 13.6. The minimum absolute atomic E-state index is 0.0532. The molecule has 1 rings (SSSR count). The lowest BCUT2D eigenvalue weighted by atomic mass is 9.83. The van der Waals surface area contributed by atoms with E-state index in [1.54, 1.807) is 0 Å². The van der Waals surface area contributed by atoms with Gasteiger partial charge in [-0.05, 0) is 45.1 Å². The van der Waals surface area contributed by atoms with Gasteiger partial charge in [0.1, 0.15) is 0 Å². The molecule has 0 aliphatic carbocycles. The standard InChI is InChI=1S/C18H31NO/c1-5-18(6-2,14-20)13-19-16(4)10-11-17-9-7-8-15(3)12-17/h7-9,12,16,19-20H,5-6,10-11,13-14H2,1-4H3. The zero-order chi connectivity index (χ0) is 15.0. The molecule has 20 heavy (non-hydrogen) atoms. The van der Waals surface area contributed by atoms with Crippen molar-refractivity contribution in [3.8, 4) is 0 Å². The molecule has 1 atom stereocenters. The zero-order valence-corrected chi connectivity index (χ0v) is 13.6. The van der Waals surface area contributed by atoms with Crippen molar-refractivity contribution in [1.82, 2.24) is 5.32 Å². The molecule has 0 aromatic heterocycles. The maximum absolute atomic E-state index is 9.59. The number of benzene rings is 1. The molecule has 0 radical (unpaired) electrons. The van der Waals surface area contributed by atoms with Gasteiger partial charge in [0.25, 0.3) is 0 Å². The Labute approximate surface area is 124 Å². The molecule has 0 saturated heterocycles. The number of aliphatic hydroxyl groups excluding tert-OH is 1. The summed E-state index contributed by atoms with van der Waals surface area (Å²) in [5.74, 6) is 0. The molecule has 1 aromatic rings. The van der Waals surface area contributed by atoms with Gasteiger partial charge in [-0.15, -0.1) is 0 Å². The molecule has 0 aliphatic heterocycles. The number of hydrogen-bond acceptors (Lipinski definition) is 2. The van der Waals surface area contributed by atoms with E-state index in [2.05, 4.69) is 57.3 Å². The van der Waals surface area contributed by atoms with Gasteiger partial charge >= 0.3 is 0 Å². The van der Waals surface area contributed by atoms with E-state index in [4.69, 9.17) is 0 Å². The highest BCUT2D eigenvalue weighted by atomic mass is 16.3. The molecular weight excluding hydrogens is 246 g/mol. The first-order chi connectivity index (χ1) is 9.55. The lowest BCUT2D eigenvalue weighted by Crippen LogP contribution is -2.40. The van der Waals surface area contributed by atoms with Crippen molar-refractivity contribution in [1.29, 1.82) is 0 Å². The number of aryl methyl sites for hydroxylation is 2. The topological polar surface area (TPSA) is 32.3 Å². The largest absolute Gasteiger partial charge is 0.396 e. The Balaban J connectivity index is 2.38. The molecule has 0 aliphatic rings. The molecule has 2 N–H and O–H groups in total. The molecule has 0 saturated carbocycles. The Hall–Kier alpha value is -0.860. The second kappa shape index (κ2) is 8.43. The Kier molecular flexibility index (Phi) is 7.25. The van der Waals surface area contributed by atoms with Crippen LogP contribution in [0.1, 0.15) is 51.2 Å². The Bertz CT molecular complexity index is 376. The van der Waals surface area contributed by atoms with Crippen LogP contribution in [-0.4, -0.2) is 24.3 Å². The summed E-state index contributed by atoms with van der Waals surface area (Å²) in [5, 5.41) is 13.2.